The third kappa shape index (κ3) is 2.97. The second-order valence-corrected chi connectivity index (χ2v) is 7.95. The molecule has 0 spiro atoms. The van der Waals surface area contributed by atoms with Crippen molar-refractivity contribution in [2.75, 3.05) is 0 Å². The molecular formula is C25H20ClFO2. The van der Waals surface area contributed by atoms with Gasteiger partial charge in [-0.3, -0.25) is 0 Å². The molecule has 0 saturated carbocycles. The minimum atomic E-state index is -1.04. The maximum Gasteiger partial charge on any atom is 0.335 e. The van der Waals surface area contributed by atoms with E-state index in [4.69, 9.17) is 16.7 Å². The van der Waals surface area contributed by atoms with Gasteiger partial charge in [0.25, 0.3) is 0 Å². The second-order valence-electron chi connectivity index (χ2n) is 7.55. The van der Waals surface area contributed by atoms with Crippen LogP contribution in [-0.2, 0) is 0 Å². The number of fused-ring (bicyclic) bond motifs is 2. The molecule has 0 aliphatic heterocycles. The van der Waals surface area contributed by atoms with Crippen LogP contribution < -0.4 is 0 Å². The largest absolute Gasteiger partial charge is 0.478 e. The maximum absolute atomic E-state index is 15.4. The number of benzene rings is 4. The van der Waals surface area contributed by atoms with E-state index in [1.165, 1.54) is 34.9 Å². The van der Waals surface area contributed by atoms with Crippen LogP contribution in [0.5, 0.6) is 0 Å². The molecule has 4 rings (SSSR count). The van der Waals surface area contributed by atoms with Gasteiger partial charge < -0.3 is 5.11 Å². The van der Waals surface area contributed by atoms with E-state index in [9.17, 15) is 4.79 Å². The Bertz CT molecular complexity index is 1340. The topological polar surface area (TPSA) is 37.3 Å². The Morgan fingerprint density at radius 3 is 2.03 bits per heavy atom. The van der Waals surface area contributed by atoms with Gasteiger partial charge in [-0.15, -0.1) is 0 Å². The lowest BCUT2D eigenvalue weighted by atomic mass is 9.89. The van der Waals surface area contributed by atoms with E-state index < -0.39 is 11.8 Å². The van der Waals surface area contributed by atoms with Crippen molar-refractivity contribution in [2.24, 2.45) is 0 Å². The molecule has 0 radical (unpaired) electrons. The number of aryl methyl sites for hydroxylation is 2. The molecule has 0 atom stereocenters. The Labute approximate surface area is 173 Å². The summed E-state index contributed by atoms with van der Waals surface area (Å²) < 4.78 is 15.4. The van der Waals surface area contributed by atoms with Crippen LogP contribution in [0, 0.1) is 33.5 Å². The molecule has 0 bridgehead atoms. The van der Waals surface area contributed by atoms with Crippen LogP contribution in [0.3, 0.4) is 0 Å². The zero-order chi connectivity index (χ0) is 21.0. The molecular weight excluding hydrogens is 387 g/mol. The summed E-state index contributed by atoms with van der Waals surface area (Å²) >= 11 is 6.60. The lowest BCUT2D eigenvalue weighted by molar-refractivity contribution is 0.0697. The highest BCUT2D eigenvalue weighted by atomic mass is 35.5. The van der Waals surface area contributed by atoms with E-state index in [2.05, 4.69) is 27.7 Å². The molecule has 146 valence electrons. The van der Waals surface area contributed by atoms with Crippen molar-refractivity contribution in [3.05, 3.63) is 81.1 Å². The van der Waals surface area contributed by atoms with Crippen LogP contribution >= 0.6 is 11.6 Å². The number of hydrogen-bond acceptors (Lipinski definition) is 1. The van der Waals surface area contributed by atoms with Crippen LogP contribution in [0.25, 0.3) is 32.7 Å². The summed E-state index contributed by atoms with van der Waals surface area (Å²) in [5, 5.41) is 12.7. The summed E-state index contributed by atoms with van der Waals surface area (Å²) in [6, 6.07) is 11.7. The van der Waals surface area contributed by atoms with E-state index in [1.54, 1.807) is 12.1 Å². The lowest BCUT2D eigenvalue weighted by Gasteiger charge is -2.17. The third-order valence-electron chi connectivity index (χ3n) is 6.09. The standard InChI is InChI=1S/C25H20ClFO2/c1-12-13(2)15(4)21-11-23(26)22(10-20(21)14(12)3)19-8-5-16-9-17(25(28)29)6-7-18(16)24(19)27/h5-11H,1-4H3,(H,28,29). The van der Waals surface area contributed by atoms with Crippen LogP contribution in [-0.4, -0.2) is 11.1 Å². The highest BCUT2D eigenvalue weighted by molar-refractivity contribution is 6.34. The van der Waals surface area contributed by atoms with E-state index in [1.807, 2.05) is 12.1 Å². The van der Waals surface area contributed by atoms with Gasteiger partial charge >= 0.3 is 5.97 Å². The summed E-state index contributed by atoms with van der Waals surface area (Å²) in [6.07, 6.45) is 0. The van der Waals surface area contributed by atoms with Crippen LogP contribution in [0.2, 0.25) is 5.02 Å². The molecule has 0 aliphatic rings. The third-order valence-corrected chi connectivity index (χ3v) is 6.41. The Hall–Kier alpha value is -2.91. The monoisotopic (exact) mass is 406 g/mol. The van der Waals surface area contributed by atoms with Crippen molar-refractivity contribution in [1.82, 2.24) is 0 Å². The molecule has 4 aromatic rings. The van der Waals surface area contributed by atoms with Gasteiger partial charge in [0.05, 0.1) is 5.56 Å². The molecule has 0 heterocycles. The van der Waals surface area contributed by atoms with Crippen LogP contribution in [0.15, 0.2) is 42.5 Å². The molecule has 4 aromatic carbocycles. The van der Waals surface area contributed by atoms with Crippen molar-refractivity contribution in [1.29, 1.82) is 0 Å². The van der Waals surface area contributed by atoms with Gasteiger partial charge in [-0.1, -0.05) is 29.8 Å². The molecule has 0 fully saturated rings. The quantitative estimate of drug-likeness (QED) is 0.377. The number of carbonyl (C=O) groups is 1. The number of carboxylic acids is 1. The molecule has 0 saturated heterocycles. The van der Waals surface area contributed by atoms with Gasteiger partial charge in [0, 0.05) is 21.5 Å². The minimum absolute atomic E-state index is 0.130. The van der Waals surface area contributed by atoms with Crippen LogP contribution in [0.4, 0.5) is 4.39 Å². The van der Waals surface area contributed by atoms with E-state index in [0.717, 1.165) is 16.3 Å². The predicted octanol–water partition coefficient (Wildman–Crippen LogP) is 7.38. The maximum atomic E-state index is 15.4. The number of halogens is 2. The molecule has 29 heavy (non-hydrogen) atoms. The van der Waals surface area contributed by atoms with Gasteiger partial charge in [-0.05, 0) is 90.4 Å². The predicted molar refractivity (Wildman–Crippen MR) is 118 cm³/mol. The molecule has 2 nitrogen and oxygen atoms in total. The van der Waals surface area contributed by atoms with E-state index in [0.29, 0.717) is 26.9 Å². The van der Waals surface area contributed by atoms with Crippen molar-refractivity contribution >= 4 is 39.1 Å². The lowest BCUT2D eigenvalue weighted by Crippen LogP contribution is -1.97. The fourth-order valence-electron chi connectivity index (χ4n) is 4.00. The average molecular weight is 407 g/mol. The fraction of sp³-hybridized carbons (Fsp3) is 0.160. The van der Waals surface area contributed by atoms with Gasteiger partial charge in [-0.25, -0.2) is 9.18 Å². The Morgan fingerprint density at radius 1 is 0.793 bits per heavy atom. The SMILES string of the molecule is Cc1c(C)c(C)c2cc(-c3ccc4cc(C(=O)O)ccc4c3F)c(Cl)cc2c1C. The van der Waals surface area contributed by atoms with E-state index in [-0.39, 0.29) is 5.56 Å². The number of carboxylic acid groups (broad SMARTS) is 1. The molecule has 0 aliphatic carbocycles. The minimum Gasteiger partial charge on any atom is -0.478 e. The van der Waals surface area contributed by atoms with Crippen molar-refractivity contribution < 1.29 is 14.3 Å². The first-order valence-electron chi connectivity index (χ1n) is 9.36. The zero-order valence-electron chi connectivity index (χ0n) is 16.7. The van der Waals surface area contributed by atoms with Gasteiger partial charge in [0.15, 0.2) is 0 Å². The van der Waals surface area contributed by atoms with Crippen molar-refractivity contribution in [3.8, 4) is 11.1 Å². The summed E-state index contributed by atoms with van der Waals surface area (Å²) in [5.41, 5.74) is 5.97. The number of rotatable bonds is 2. The van der Waals surface area contributed by atoms with Gasteiger partial charge in [-0.2, -0.15) is 0 Å². The normalized spacial score (nSPS) is 11.4. The molecule has 1 N–H and O–H groups in total. The molecule has 0 aromatic heterocycles. The smallest absolute Gasteiger partial charge is 0.335 e. The highest BCUT2D eigenvalue weighted by Crippen LogP contribution is 2.39. The van der Waals surface area contributed by atoms with Crippen molar-refractivity contribution in [3.63, 3.8) is 0 Å². The fourth-order valence-corrected chi connectivity index (χ4v) is 4.27. The average Bonchev–Trinajstić information content (AvgIpc) is 2.70. The van der Waals surface area contributed by atoms with Gasteiger partial charge in [0.1, 0.15) is 5.82 Å². The van der Waals surface area contributed by atoms with Crippen molar-refractivity contribution in [2.45, 2.75) is 27.7 Å². The molecule has 0 amide bonds. The summed E-state index contributed by atoms with van der Waals surface area (Å²) in [6.45, 7) is 8.36. The zero-order valence-corrected chi connectivity index (χ0v) is 17.4. The Kier molecular flexibility index (Phi) is 4.59. The highest BCUT2D eigenvalue weighted by Gasteiger charge is 2.17. The first-order valence-corrected chi connectivity index (χ1v) is 9.74. The summed E-state index contributed by atoms with van der Waals surface area (Å²) in [7, 11) is 0. The van der Waals surface area contributed by atoms with Crippen LogP contribution in [0.1, 0.15) is 32.6 Å². The summed E-state index contributed by atoms with van der Waals surface area (Å²) in [5.74, 6) is -1.44. The molecule has 4 heteroatoms. The Balaban J connectivity index is 2.00. The summed E-state index contributed by atoms with van der Waals surface area (Å²) in [4.78, 5) is 11.2. The molecule has 0 unspecified atom stereocenters. The first kappa shape index (κ1) is 19.4. The number of aromatic carboxylic acids is 1. The first-order chi connectivity index (χ1) is 13.7. The second kappa shape index (κ2) is 6.85. The number of hydrogen-bond donors (Lipinski definition) is 1. The Morgan fingerprint density at radius 2 is 1.41 bits per heavy atom. The van der Waals surface area contributed by atoms with E-state index >= 15 is 4.39 Å². The van der Waals surface area contributed by atoms with Gasteiger partial charge in [0.2, 0.25) is 0 Å².